The maximum atomic E-state index is 13.4. The Morgan fingerprint density at radius 1 is 1.10 bits per heavy atom. The summed E-state index contributed by atoms with van der Waals surface area (Å²) in [6, 6.07) is 8.97. The van der Waals surface area contributed by atoms with Gasteiger partial charge in [-0.2, -0.15) is 0 Å². The molecule has 0 fully saturated rings. The van der Waals surface area contributed by atoms with Crippen LogP contribution in [0.5, 0.6) is 0 Å². The Morgan fingerprint density at radius 2 is 1.76 bits per heavy atom. The van der Waals surface area contributed by atoms with Crippen molar-refractivity contribution in [3.63, 3.8) is 0 Å². The van der Waals surface area contributed by atoms with Crippen LogP contribution in [0.2, 0.25) is 5.02 Å². The van der Waals surface area contributed by atoms with E-state index in [1.54, 1.807) is 12.1 Å². The molecule has 0 amide bonds. The number of benzene rings is 2. The average molecular weight is 314 g/mol. The van der Waals surface area contributed by atoms with Gasteiger partial charge in [0.25, 0.3) is 0 Å². The summed E-state index contributed by atoms with van der Waals surface area (Å²) in [5, 5.41) is 3.74. The van der Waals surface area contributed by atoms with Crippen molar-refractivity contribution < 1.29 is 13.2 Å². The van der Waals surface area contributed by atoms with Crippen LogP contribution in [0, 0.1) is 17.5 Å². The van der Waals surface area contributed by atoms with E-state index < -0.39 is 17.5 Å². The highest BCUT2D eigenvalue weighted by molar-refractivity contribution is 6.30. The minimum atomic E-state index is -1.45. The van der Waals surface area contributed by atoms with Crippen LogP contribution in [0.3, 0.4) is 0 Å². The first-order valence-corrected chi connectivity index (χ1v) is 7.01. The van der Waals surface area contributed by atoms with Gasteiger partial charge in [-0.15, -0.1) is 0 Å². The fraction of sp³-hybridized carbons (Fsp3) is 0.250. The van der Waals surface area contributed by atoms with Crippen LogP contribution < -0.4 is 5.32 Å². The second-order valence-electron chi connectivity index (χ2n) is 4.74. The molecule has 0 saturated carbocycles. The van der Waals surface area contributed by atoms with E-state index in [4.69, 9.17) is 11.6 Å². The van der Waals surface area contributed by atoms with E-state index in [9.17, 15) is 13.2 Å². The molecule has 0 spiro atoms. The molecule has 0 heterocycles. The zero-order chi connectivity index (χ0) is 15.4. The normalized spacial score (nSPS) is 12.4. The van der Waals surface area contributed by atoms with Crippen molar-refractivity contribution in [2.45, 2.75) is 19.4 Å². The molecule has 1 atom stereocenters. The second kappa shape index (κ2) is 6.96. The fourth-order valence-electron chi connectivity index (χ4n) is 2.23. The van der Waals surface area contributed by atoms with Crippen LogP contribution in [0.1, 0.15) is 24.1 Å². The zero-order valence-corrected chi connectivity index (χ0v) is 12.2. The van der Waals surface area contributed by atoms with E-state index in [1.807, 2.05) is 19.1 Å². The van der Waals surface area contributed by atoms with Gasteiger partial charge in [-0.1, -0.05) is 30.7 Å². The maximum Gasteiger partial charge on any atom is 0.194 e. The summed E-state index contributed by atoms with van der Waals surface area (Å²) in [7, 11) is 0. The van der Waals surface area contributed by atoms with Crippen molar-refractivity contribution in [3.05, 3.63) is 70.0 Å². The van der Waals surface area contributed by atoms with Crippen molar-refractivity contribution in [3.8, 4) is 0 Å². The van der Waals surface area contributed by atoms with Crippen LogP contribution in [-0.4, -0.2) is 6.54 Å². The highest BCUT2D eigenvalue weighted by Gasteiger charge is 2.17. The van der Waals surface area contributed by atoms with E-state index >= 15 is 0 Å². The third-order valence-electron chi connectivity index (χ3n) is 3.19. The number of hydrogen-bond acceptors (Lipinski definition) is 1. The molecule has 1 N–H and O–H groups in total. The predicted octanol–water partition coefficient (Wildman–Crippen LogP) is 4.65. The van der Waals surface area contributed by atoms with Gasteiger partial charge in [0.15, 0.2) is 17.5 Å². The summed E-state index contributed by atoms with van der Waals surface area (Å²) in [5.41, 5.74) is 1.30. The number of hydrogen-bond donors (Lipinski definition) is 1. The Balaban J connectivity index is 2.30. The standard InChI is InChI=1S/C16H15ClF3N/c1-2-21-15(7-10-4-3-5-12(17)6-10)11-8-13(18)16(20)14(19)9-11/h3-6,8-9,15,21H,2,7H2,1H3. The molecule has 0 aliphatic heterocycles. The molecule has 1 nitrogen and oxygen atoms in total. The van der Waals surface area contributed by atoms with E-state index in [1.165, 1.54) is 0 Å². The van der Waals surface area contributed by atoms with Gasteiger partial charge >= 0.3 is 0 Å². The lowest BCUT2D eigenvalue weighted by atomic mass is 9.98. The van der Waals surface area contributed by atoms with Crippen molar-refractivity contribution in [1.82, 2.24) is 5.32 Å². The smallest absolute Gasteiger partial charge is 0.194 e. The van der Waals surface area contributed by atoms with Gasteiger partial charge in [0.1, 0.15) is 0 Å². The lowest BCUT2D eigenvalue weighted by molar-refractivity contribution is 0.439. The van der Waals surface area contributed by atoms with Gasteiger partial charge in [0.2, 0.25) is 0 Å². The Hall–Kier alpha value is -1.52. The maximum absolute atomic E-state index is 13.4. The molecule has 2 rings (SSSR count). The third-order valence-corrected chi connectivity index (χ3v) is 3.42. The van der Waals surface area contributed by atoms with Crippen LogP contribution in [-0.2, 0) is 6.42 Å². The third kappa shape index (κ3) is 3.99. The fourth-order valence-corrected chi connectivity index (χ4v) is 2.44. The molecule has 21 heavy (non-hydrogen) atoms. The Bertz CT molecular complexity index is 608. The molecule has 2 aromatic carbocycles. The van der Waals surface area contributed by atoms with Gasteiger partial charge < -0.3 is 5.32 Å². The molecule has 0 aliphatic rings. The van der Waals surface area contributed by atoms with Gasteiger partial charge in [-0.25, -0.2) is 13.2 Å². The number of rotatable bonds is 5. The van der Waals surface area contributed by atoms with Crippen molar-refractivity contribution in [2.24, 2.45) is 0 Å². The quantitative estimate of drug-likeness (QED) is 0.792. The van der Waals surface area contributed by atoms with Crippen molar-refractivity contribution in [2.75, 3.05) is 6.54 Å². The molecule has 1 unspecified atom stereocenters. The molecule has 2 aromatic rings. The lowest BCUT2D eigenvalue weighted by Crippen LogP contribution is -2.23. The Morgan fingerprint density at radius 3 is 2.33 bits per heavy atom. The van der Waals surface area contributed by atoms with Crippen LogP contribution >= 0.6 is 11.6 Å². The average Bonchev–Trinajstić information content (AvgIpc) is 2.44. The first kappa shape index (κ1) is 15.9. The summed E-state index contributed by atoms with van der Waals surface area (Å²) in [6.07, 6.45) is 0.499. The van der Waals surface area contributed by atoms with Crippen molar-refractivity contribution >= 4 is 11.6 Å². The Labute approximate surface area is 126 Å². The van der Waals surface area contributed by atoms with Gasteiger partial charge in [0.05, 0.1) is 0 Å². The molecule has 5 heteroatoms. The monoisotopic (exact) mass is 313 g/mol. The summed E-state index contributed by atoms with van der Waals surface area (Å²) in [6.45, 7) is 2.51. The minimum absolute atomic E-state index is 0.321. The molecule has 0 bridgehead atoms. The van der Waals surface area contributed by atoms with E-state index in [-0.39, 0.29) is 6.04 Å². The Kier molecular flexibility index (Phi) is 5.26. The molecule has 0 radical (unpaired) electrons. The number of likely N-dealkylation sites (N-methyl/N-ethyl adjacent to an activating group) is 1. The van der Waals surface area contributed by atoms with Gasteiger partial charge in [-0.3, -0.25) is 0 Å². The van der Waals surface area contributed by atoms with Crippen molar-refractivity contribution in [1.29, 1.82) is 0 Å². The van der Waals surface area contributed by atoms with Gasteiger partial charge in [0, 0.05) is 11.1 Å². The molecule has 112 valence electrons. The first-order valence-electron chi connectivity index (χ1n) is 6.63. The van der Waals surface area contributed by atoms with Crippen LogP contribution in [0.25, 0.3) is 0 Å². The first-order chi connectivity index (χ1) is 10.0. The number of nitrogens with one attached hydrogen (secondary N) is 1. The molecule has 0 saturated heterocycles. The van der Waals surface area contributed by atoms with Gasteiger partial charge in [-0.05, 0) is 48.4 Å². The summed E-state index contributed by atoms with van der Waals surface area (Å²) >= 11 is 5.93. The van der Waals surface area contributed by atoms with E-state index in [2.05, 4.69) is 5.32 Å². The van der Waals surface area contributed by atoms with E-state index in [0.29, 0.717) is 23.6 Å². The predicted molar refractivity (Wildman–Crippen MR) is 77.9 cm³/mol. The van der Waals surface area contributed by atoms with Crippen LogP contribution in [0.15, 0.2) is 36.4 Å². The highest BCUT2D eigenvalue weighted by Crippen LogP contribution is 2.23. The molecule has 0 aromatic heterocycles. The minimum Gasteiger partial charge on any atom is -0.310 e. The SMILES string of the molecule is CCNC(Cc1cccc(Cl)c1)c1cc(F)c(F)c(F)c1. The molecular formula is C16H15ClF3N. The van der Waals surface area contributed by atoms with Crippen LogP contribution in [0.4, 0.5) is 13.2 Å². The summed E-state index contributed by atoms with van der Waals surface area (Å²) in [5.74, 6) is -3.81. The topological polar surface area (TPSA) is 12.0 Å². The highest BCUT2D eigenvalue weighted by atomic mass is 35.5. The number of halogens is 4. The second-order valence-corrected chi connectivity index (χ2v) is 5.18. The summed E-state index contributed by atoms with van der Waals surface area (Å²) in [4.78, 5) is 0. The zero-order valence-electron chi connectivity index (χ0n) is 11.5. The summed E-state index contributed by atoms with van der Waals surface area (Å²) < 4.78 is 39.8. The largest absolute Gasteiger partial charge is 0.310 e. The van der Waals surface area contributed by atoms with E-state index in [0.717, 1.165) is 17.7 Å². The molecule has 0 aliphatic carbocycles. The lowest BCUT2D eigenvalue weighted by Gasteiger charge is -2.19. The molecular weight excluding hydrogens is 299 g/mol.